The van der Waals surface area contributed by atoms with Crippen LogP contribution in [0.2, 0.25) is 0 Å². The number of methoxy groups -OCH3 is 1. The summed E-state index contributed by atoms with van der Waals surface area (Å²) in [4.78, 5) is 0. The van der Waals surface area contributed by atoms with Crippen molar-refractivity contribution in [2.24, 2.45) is 11.1 Å². The van der Waals surface area contributed by atoms with Gasteiger partial charge in [-0.05, 0) is 36.1 Å². The molecule has 84 valence electrons. The molecule has 1 rings (SSSR count). The van der Waals surface area contributed by atoms with Gasteiger partial charge in [0.05, 0.1) is 7.11 Å². The highest BCUT2D eigenvalue weighted by Crippen LogP contribution is 2.24. The molecule has 0 heterocycles. The molecule has 1 aromatic rings. The van der Waals surface area contributed by atoms with Crippen LogP contribution >= 0.6 is 0 Å². The van der Waals surface area contributed by atoms with E-state index < -0.39 is 0 Å². The summed E-state index contributed by atoms with van der Waals surface area (Å²) in [5, 5.41) is 0. The number of rotatable bonds is 4. The highest BCUT2D eigenvalue weighted by atomic mass is 19.1. The summed E-state index contributed by atoms with van der Waals surface area (Å²) in [6.45, 7) is 4.78. The number of benzene rings is 1. The first-order chi connectivity index (χ1) is 6.98. The van der Waals surface area contributed by atoms with Crippen LogP contribution < -0.4 is 10.5 Å². The Balaban J connectivity index is 2.87. The number of halogens is 1. The third-order valence-electron chi connectivity index (χ3n) is 2.45. The zero-order chi connectivity index (χ0) is 11.5. The van der Waals surface area contributed by atoms with Gasteiger partial charge in [-0.25, -0.2) is 4.39 Å². The van der Waals surface area contributed by atoms with Crippen LogP contribution in [0.4, 0.5) is 4.39 Å². The molecule has 3 heteroatoms. The highest BCUT2D eigenvalue weighted by Gasteiger charge is 2.17. The Labute approximate surface area is 90.2 Å². The van der Waals surface area contributed by atoms with E-state index in [1.54, 1.807) is 12.1 Å². The van der Waals surface area contributed by atoms with Crippen molar-refractivity contribution in [3.05, 3.63) is 29.6 Å². The lowest BCUT2D eigenvalue weighted by Gasteiger charge is -2.22. The Bertz CT molecular complexity index is 336. The standard InChI is InChI=1S/C12H18FNO/c1-12(2,8-14)7-9-4-5-10(13)11(6-9)15-3/h4-6H,7-8,14H2,1-3H3. The number of ether oxygens (including phenoxy) is 1. The van der Waals surface area contributed by atoms with Crippen LogP contribution in [-0.2, 0) is 6.42 Å². The van der Waals surface area contributed by atoms with Gasteiger partial charge < -0.3 is 10.5 Å². The molecule has 0 fully saturated rings. The van der Waals surface area contributed by atoms with Gasteiger partial charge in [0.15, 0.2) is 11.6 Å². The van der Waals surface area contributed by atoms with Gasteiger partial charge >= 0.3 is 0 Å². The van der Waals surface area contributed by atoms with Crippen LogP contribution in [-0.4, -0.2) is 13.7 Å². The molecule has 0 aliphatic heterocycles. The summed E-state index contributed by atoms with van der Waals surface area (Å²) in [5.74, 6) is -0.0351. The maximum atomic E-state index is 13.1. The van der Waals surface area contributed by atoms with Gasteiger partial charge in [0.2, 0.25) is 0 Å². The molecular weight excluding hydrogens is 193 g/mol. The van der Waals surface area contributed by atoms with Crippen LogP contribution in [0.3, 0.4) is 0 Å². The molecule has 0 bridgehead atoms. The van der Waals surface area contributed by atoms with Crippen molar-refractivity contribution in [1.82, 2.24) is 0 Å². The molecule has 0 aliphatic rings. The third kappa shape index (κ3) is 3.20. The first-order valence-electron chi connectivity index (χ1n) is 5.01. The number of nitrogens with two attached hydrogens (primary N) is 1. The Morgan fingerprint density at radius 3 is 2.60 bits per heavy atom. The minimum atomic E-state index is -0.327. The largest absolute Gasteiger partial charge is 0.494 e. The van der Waals surface area contributed by atoms with Gasteiger partial charge in [-0.1, -0.05) is 19.9 Å². The molecule has 2 nitrogen and oxygen atoms in total. The Morgan fingerprint density at radius 1 is 1.40 bits per heavy atom. The molecular formula is C12H18FNO. The third-order valence-corrected chi connectivity index (χ3v) is 2.45. The minimum absolute atomic E-state index is 0.0306. The second kappa shape index (κ2) is 4.62. The number of hydrogen-bond donors (Lipinski definition) is 1. The van der Waals surface area contributed by atoms with E-state index in [2.05, 4.69) is 13.8 Å². The molecule has 0 aromatic heterocycles. The van der Waals surface area contributed by atoms with E-state index in [-0.39, 0.29) is 11.2 Å². The molecule has 1 aromatic carbocycles. The van der Waals surface area contributed by atoms with Crippen molar-refractivity contribution in [1.29, 1.82) is 0 Å². The average Bonchev–Trinajstić information content (AvgIpc) is 2.20. The van der Waals surface area contributed by atoms with E-state index in [1.807, 2.05) is 0 Å². The summed E-state index contributed by atoms with van der Waals surface area (Å²) >= 11 is 0. The van der Waals surface area contributed by atoms with E-state index in [9.17, 15) is 4.39 Å². The first-order valence-corrected chi connectivity index (χ1v) is 5.01. The first kappa shape index (κ1) is 12.0. The lowest BCUT2D eigenvalue weighted by molar-refractivity contribution is 0.369. The maximum absolute atomic E-state index is 13.1. The van der Waals surface area contributed by atoms with E-state index in [0.29, 0.717) is 12.3 Å². The van der Waals surface area contributed by atoms with Crippen LogP contribution in [0, 0.1) is 11.2 Å². The van der Waals surface area contributed by atoms with E-state index in [4.69, 9.17) is 10.5 Å². The van der Waals surface area contributed by atoms with Gasteiger partial charge in [-0.15, -0.1) is 0 Å². The van der Waals surface area contributed by atoms with Crippen molar-refractivity contribution >= 4 is 0 Å². The fourth-order valence-corrected chi connectivity index (χ4v) is 1.44. The molecule has 0 saturated carbocycles. The predicted molar refractivity (Wildman–Crippen MR) is 59.5 cm³/mol. The zero-order valence-corrected chi connectivity index (χ0v) is 9.51. The Hall–Kier alpha value is -1.09. The zero-order valence-electron chi connectivity index (χ0n) is 9.51. The van der Waals surface area contributed by atoms with Gasteiger partial charge in [0, 0.05) is 0 Å². The minimum Gasteiger partial charge on any atom is -0.494 e. The Morgan fingerprint density at radius 2 is 2.07 bits per heavy atom. The van der Waals surface area contributed by atoms with Crippen LogP contribution in [0.5, 0.6) is 5.75 Å². The van der Waals surface area contributed by atoms with Crippen LogP contribution in [0.15, 0.2) is 18.2 Å². The van der Waals surface area contributed by atoms with E-state index in [1.165, 1.54) is 13.2 Å². The van der Waals surface area contributed by atoms with Gasteiger partial charge in [-0.3, -0.25) is 0 Å². The lowest BCUT2D eigenvalue weighted by atomic mass is 9.86. The fraction of sp³-hybridized carbons (Fsp3) is 0.500. The predicted octanol–water partition coefficient (Wildman–Crippen LogP) is 2.36. The molecule has 2 N–H and O–H groups in total. The molecule has 0 radical (unpaired) electrons. The smallest absolute Gasteiger partial charge is 0.165 e. The maximum Gasteiger partial charge on any atom is 0.165 e. The summed E-state index contributed by atoms with van der Waals surface area (Å²) < 4.78 is 18.1. The fourth-order valence-electron chi connectivity index (χ4n) is 1.44. The molecule has 0 amide bonds. The highest BCUT2D eigenvalue weighted by molar-refractivity contribution is 5.30. The van der Waals surface area contributed by atoms with Crippen molar-refractivity contribution in [3.8, 4) is 5.75 Å². The molecule has 0 saturated heterocycles. The summed E-state index contributed by atoms with van der Waals surface area (Å²) in [5.41, 5.74) is 6.72. The Kier molecular flexibility index (Phi) is 3.69. The van der Waals surface area contributed by atoms with E-state index in [0.717, 1.165) is 12.0 Å². The van der Waals surface area contributed by atoms with Crippen molar-refractivity contribution in [3.63, 3.8) is 0 Å². The van der Waals surface area contributed by atoms with Gasteiger partial charge in [-0.2, -0.15) is 0 Å². The van der Waals surface area contributed by atoms with Gasteiger partial charge in [0.25, 0.3) is 0 Å². The molecule has 0 atom stereocenters. The number of hydrogen-bond acceptors (Lipinski definition) is 2. The quantitative estimate of drug-likeness (QED) is 0.829. The van der Waals surface area contributed by atoms with Crippen molar-refractivity contribution < 1.29 is 9.13 Å². The summed E-state index contributed by atoms with van der Waals surface area (Å²) in [7, 11) is 1.47. The molecule has 0 spiro atoms. The van der Waals surface area contributed by atoms with Crippen molar-refractivity contribution in [2.75, 3.05) is 13.7 Å². The van der Waals surface area contributed by atoms with Crippen LogP contribution in [0.25, 0.3) is 0 Å². The second-order valence-electron chi connectivity index (χ2n) is 4.51. The van der Waals surface area contributed by atoms with E-state index >= 15 is 0 Å². The molecule has 0 unspecified atom stereocenters. The second-order valence-corrected chi connectivity index (χ2v) is 4.51. The summed E-state index contributed by atoms with van der Waals surface area (Å²) in [6, 6.07) is 4.93. The normalized spacial score (nSPS) is 11.5. The average molecular weight is 211 g/mol. The monoisotopic (exact) mass is 211 g/mol. The SMILES string of the molecule is COc1cc(CC(C)(C)CN)ccc1F. The van der Waals surface area contributed by atoms with Crippen molar-refractivity contribution in [2.45, 2.75) is 20.3 Å². The van der Waals surface area contributed by atoms with Gasteiger partial charge in [0.1, 0.15) is 0 Å². The van der Waals surface area contributed by atoms with Crippen LogP contribution in [0.1, 0.15) is 19.4 Å². The molecule has 0 aliphatic carbocycles. The molecule has 15 heavy (non-hydrogen) atoms. The summed E-state index contributed by atoms with van der Waals surface area (Å²) in [6.07, 6.45) is 0.820. The lowest BCUT2D eigenvalue weighted by Crippen LogP contribution is -2.25. The topological polar surface area (TPSA) is 35.2 Å².